The van der Waals surface area contributed by atoms with Crippen LogP contribution < -0.4 is 29.6 Å². The van der Waals surface area contributed by atoms with Crippen molar-refractivity contribution in [3.8, 4) is 0 Å². The molecule has 0 saturated heterocycles. The topological polar surface area (TPSA) is 502 Å². The average molecular weight is 1410 g/mol. The molecule has 0 heterocycles. The number of methoxy groups -OCH3 is 6. The Labute approximate surface area is 573 Å². The molecule has 0 aliphatic rings. The van der Waals surface area contributed by atoms with Gasteiger partial charge in [-0.2, -0.15) is 8.42 Å². The Morgan fingerprint density at radius 2 is 0.574 bits per heavy atom. The number of rotatable bonds is 49. The van der Waals surface area contributed by atoms with E-state index in [0.717, 1.165) is 6.26 Å². The Bertz CT molecular complexity index is 1800. The van der Waals surface area contributed by atoms with E-state index in [0.29, 0.717) is 13.0 Å². The number of aliphatic hydroxyl groups is 2. The molecule has 0 aliphatic carbocycles. The number of carbonyl (C=O) groups is 10. The first-order valence-corrected chi connectivity index (χ1v) is 30.3. The summed E-state index contributed by atoms with van der Waals surface area (Å²) >= 11 is 0. The van der Waals surface area contributed by atoms with Crippen LogP contribution in [0, 0.1) is 29.6 Å². The van der Waals surface area contributed by atoms with Crippen molar-refractivity contribution in [2.24, 2.45) is 29.6 Å². The first kappa shape index (κ1) is 105. The normalized spacial score (nSPS) is 10.3. The predicted molar refractivity (Wildman–Crippen MR) is 319 cm³/mol. The zero-order chi connectivity index (χ0) is 72.7. The van der Waals surface area contributed by atoms with Crippen LogP contribution in [0.3, 0.4) is 0 Å². The molecule has 0 bridgehead atoms. The molecular weight excluding hydrogens is 1310 g/mol. The van der Waals surface area contributed by atoms with E-state index in [1.807, 2.05) is 0 Å². The third kappa shape index (κ3) is 77.8. The Balaban J connectivity index is -0.000000130. The van der Waals surface area contributed by atoms with Gasteiger partial charge in [-0.05, 0) is 73.6 Å². The number of aliphatic hydroxyl groups excluding tert-OH is 2. The standard InChI is InChI=1S/2C11H20O6.2C7H12O6.C7H16O4.C7H12O4.C5H12O5S.Na.H/c2*1-4-16-10(12)9(11(13)17-5-2)6-7-15-8-14-3;2*1-12-4-13-3-2-5(6(8)9)7(10)11;1-10-6-11-3-2-7(4-8)5-9;1-3-10-6(8)5-7(9)11-4-2;1-8-5-9-3-4-10-11(2,6)7;;/h2*9H,4-8H2,1-3H3;2*5H,2-4H2,1H3,(H,8,9)(H,10,11);7-9H,2-6H2,1H3;2*3-5H2,1-2H3;;/q;;;;;;;+1;-1. The van der Waals surface area contributed by atoms with Crippen LogP contribution in [-0.4, -0.2) is 288 Å². The summed E-state index contributed by atoms with van der Waals surface area (Å²) in [5, 5.41) is 51.0. The third-order valence-electron chi connectivity index (χ3n) is 9.50. The van der Waals surface area contributed by atoms with Gasteiger partial charge in [0, 0.05) is 68.4 Å². The van der Waals surface area contributed by atoms with Gasteiger partial charge in [-0.15, -0.1) is 0 Å². The van der Waals surface area contributed by atoms with Gasteiger partial charge in [0.1, 0.15) is 47.2 Å². The van der Waals surface area contributed by atoms with E-state index in [1.165, 1.54) is 35.5 Å². The van der Waals surface area contributed by atoms with Crippen molar-refractivity contribution >= 4 is 69.8 Å². The fourth-order valence-electron chi connectivity index (χ4n) is 5.28. The van der Waals surface area contributed by atoms with Crippen LogP contribution in [0.2, 0.25) is 0 Å². The summed E-state index contributed by atoms with van der Waals surface area (Å²) in [5.41, 5.74) is 0. The van der Waals surface area contributed by atoms with E-state index < -0.39 is 93.5 Å². The molecule has 37 nitrogen and oxygen atoms in total. The first-order chi connectivity index (χ1) is 44.1. The zero-order valence-corrected chi connectivity index (χ0v) is 59.5. The van der Waals surface area contributed by atoms with Crippen LogP contribution in [0.25, 0.3) is 0 Å². The van der Waals surface area contributed by atoms with E-state index in [1.54, 1.807) is 48.7 Å². The average Bonchev–Trinajstić information content (AvgIpc) is 1.59. The fourth-order valence-corrected chi connectivity index (χ4v) is 5.65. The minimum absolute atomic E-state index is 0. The first-order valence-electron chi connectivity index (χ1n) is 28.5. The second kappa shape index (κ2) is 78.7. The maximum Gasteiger partial charge on any atom is 1.00 e. The summed E-state index contributed by atoms with van der Waals surface area (Å²) in [5.74, 6) is -13.5. The van der Waals surface area contributed by atoms with Gasteiger partial charge in [0.2, 0.25) is 0 Å². The third-order valence-corrected chi connectivity index (χ3v) is 10.1. The van der Waals surface area contributed by atoms with E-state index in [-0.39, 0.29) is 202 Å². The van der Waals surface area contributed by atoms with Gasteiger partial charge < -0.3 is 117 Å². The molecule has 6 N–H and O–H groups in total. The second-order valence-corrected chi connectivity index (χ2v) is 18.6. The molecule has 0 fully saturated rings. The van der Waals surface area contributed by atoms with Crippen molar-refractivity contribution in [2.45, 2.75) is 80.1 Å². The molecule has 0 saturated carbocycles. The summed E-state index contributed by atoms with van der Waals surface area (Å²) in [7, 11) is 5.54. The Morgan fingerprint density at radius 1 is 0.351 bits per heavy atom. The number of ether oxygens (including phenoxy) is 18. The number of esters is 6. The summed E-state index contributed by atoms with van der Waals surface area (Å²) in [6.07, 6.45) is 1.69. The number of carboxylic acids is 4. The molecule has 0 spiro atoms. The molecule has 94 heavy (non-hydrogen) atoms. The van der Waals surface area contributed by atoms with Crippen molar-refractivity contribution in [2.75, 3.05) is 189 Å². The molecular formula is C55H105NaO37S. The van der Waals surface area contributed by atoms with Crippen molar-refractivity contribution in [1.29, 1.82) is 0 Å². The number of aliphatic carboxylic acids is 4. The molecule has 0 radical (unpaired) electrons. The van der Waals surface area contributed by atoms with Crippen LogP contribution in [0.1, 0.15) is 81.5 Å². The van der Waals surface area contributed by atoms with Crippen molar-refractivity contribution in [1.82, 2.24) is 0 Å². The molecule has 0 aromatic carbocycles. The molecule has 554 valence electrons. The van der Waals surface area contributed by atoms with Crippen LogP contribution in [0.5, 0.6) is 0 Å². The smallest absolute Gasteiger partial charge is 1.00 e. The van der Waals surface area contributed by atoms with Gasteiger partial charge in [0.25, 0.3) is 10.1 Å². The largest absolute Gasteiger partial charge is 1.00 e. The van der Waals surface area contributed by atoms with Gasteiger partial charge >= 0.3 is 89.3 Å². The second-order valence-electron chi connectivity index (χ2n) is 16.9. The van der Waals surface area contributed by atoms with Gasteiger partial charge in [0.05, 0.1) is 85.5 Å². The molecule has 0 aliphatic heterocycles. The Kier molecular flexibility index (Phi) is 88.0. The molecule has 39 heteroatoms. The molecule has 0 aromatic heterocycles. The van der Waals surface area contributed by atoms with Crippen LogP contribution in [-0.2, 0) is 148 Å². The van der Waals surface area contributed by atoms with Crippen molar-refractivity contribution < 1.29 is 207 Å². The number of carboxylic acid groups (broad SMARTS) is 4. The molecule has 0 atom stereocenters. The van der Waals surface area contributed by atoms with Gasteiger partial charge in [-0.3, -0.25) is 52.1 Å². The Hall–Kier alpha value is -4.95. The maximum atomic E-state index is 11.5. The quantitative estimate of drug-likeness (QED) is 0.00719. The summed E-state index contributed by atoms with van der Waals surface area (Å²) < 4.78 is 110. The van der Waals surface area contributed by atoms with Gasteiger partial charge in [-0.1, -0.05) is 0 Å². The van der Waals surface area contributed by atoms with Crippen molar-refractivity contribution in [3.05, 3.63) is 0 Å². The minimum Gasteiger partial charge on any atom is -1.00 e. The van der Waals surface area contributed by atoms with Gasteiger partial charge in [0.15, 0.2) is 23.7 Å². The summed E-state index contributed by atoms with van der Waals surface area (Å²) in [6, 6.07) is 0. The minimum atomic E-state index is -3.33. The number of carbonyl (C=O) groups excluding carboxylic acids is 6. The summed E-state index contributed by atoms with van der Waals surface area (Å²) in [4.78, 5) is 109. The van der Waals surface area contributed by atoms with E-state index in [4.69, 9.17) is 78.0 Å². The van der Waals surface area contributed by atoms with E-state index >= 15 is 0 Å². The fraction of sp³-hybridized carbons (Fsp3) is 0.818. The van der Waals surface area contributed by atoms with Crippen LogP contribution >= 0.6 is 0 Å². The van der Waals surface area contributed by atoms with Crippen LogP contribution in [0.15, 0.2) is 0 Å². The van der Waals surface area contributed by atoms with Crippen molar-refractivity contribution in [3.63, 3.8) is 0 Å². The number of hydrogen-bond donors (Lipinski definition) is 6. The zero-order valence-electron chi connectivity index (χ0n) is 57.7. The predicted octanol–water partition coefficient (Wildman–Crippen LogP) is -2.16. The monoisotopic (exact) mass is 1410 g/mol. The molecule has 0 amide bonds. The molecule has 0 aromatic rings. The summed E-state index contributed by atoms with van der Waals surface area (Å²) in [6.45, 7) is 13.7. The van der Waals surface area contributed by atoms with E-state index in [9.17, 15) is 56.4 Å². The van der Waals surface area contributed by atoms with Crippen LogP contribution in [0.4, 0.5) is 0 Å². The SMILES string of the molecule is CCOC(=O)C(CCOCOC)C(=O)OCC.CCOC(=O)C(CCOCOC)C(=O)OCC.CCOC(=O)CC(=O)OCC.COCOCCC(C(=O)O)C(=O)O.COCOCCC(C(=O)O)C(=O)O.COCOCCC(CO)CO.COCOCCOS(C)(=O)=O.[H-].[Na+]. The number of hydrogen-bond acceptors (Lipinski definition) is 33. The van der Waals surface area contributed by atoms with Gasteiger partial charge in [-0.25, -0.2) is 0 Å². The Morgan fingerprint density at radius 3 is 0.777 bits per heavy atom. The molecule has 0 unspecified atom stereocenters. The maximum absolute atomic E-state index is 11.5. The van der Waals surface area contributed by atoms with E-state index in [2.05, 4.69) is 42.1 Å². The molecule has 0 rings (SSSR count).